The first kappa shape index (κ1) is 15.2. The molecular weight excluding hydrogens is 242 g/mol. The molecule has 0 bridgehead atoms. The average Bonchev–Trinajstić information content (AvgIpc) is 2.84. The van der Waals surface area contributed by atoms with Crippen LogP contribution in [0, 0.1) is 6.92 Å². The maximum absolute atomic E-state index is 3.39. The van der Waals surface area contributed by atoms with Crippen molar-refractivity contribution in [3.05, 3.63) is 35.5 Å². The predicted molar refractivity (Wildman–Crippen MR) is 89.3 cm³/mol. The number of aromatic nitrogens is 1. The average molecular weight is 271 g/mol. The van der Waals surface area contributed by atoms with Crippen molar-refractivity contribution in [1.29, 1.82) is 0 Å². The number of rotatable bonds is 9. The van der Waals surface area contributed by atoms with Gasteiger partial charge < -0.3 is 4.98 Å². The Morgan fingerprint density at radius 3 is 2.35 bits per heavy atom. The molecule has 0 spiro atoms. The van der Waals surface area contributed by atoms with E-state index in [1.807, 2.05) is 0 Å². The molecular formula is C19H29N. The maximum atomic E-state index is 3.39. The van der Waals surface area contributed by atoms with Crippen molar-refractivity contribution in [3.8, 4) is 0 Å². The molecule has 0 saturated heterocycles. The number of nitrogens with one attached hydrogen (secondary N) is 1. The molecule has 20 heavy (non-hydrogen) atoms. The number of hydrogen-bond acceptors (Lipinski definition) is 0. The summed E-state index contributed by atoms with van der Waals surface area (Å²) in [5, 5.41) is 1.42. The molecule has 2 rings (SSSR count). The van der Waals surface area contributed by atoms with Crippen LogP contribution in [0.2, 0.25) is 0 Å². The largest absolute Gasteiger partial charge is 0.361 e. The van der Waals surface area contributed by atoms with Crippen LogP contribution in [-0.4, -0.2) is 4.98 Å². The van der Waals surface area contributed by atoms with Gasteiger partial charge in [0, 0.05) is 17.1 Å². The second-order valence-electron chi connectivity index (χ2n) is 6.09. The lowest BCUT2D eigenvalue weighted by molar-refractivity contribution is 0.576. The Kier molecular flexibility index (Phi) is 6.17. The fourth-order valence-electron chi connectivity index (χ4n) is 2.95. The van der Waals surface area contributed by atoms with Gasteiger partial charge in [-0.1, -0.05) is 63.5 Å². The highest BCUT2D eigenvalue weighted by atomic mass is 14.7. The molecule has 110 valence electrons. The monoisotopic (exact) mass is 271 g/mol. The van der Waals surface area contributed by atoms with E-state index in [0.717, 1.165) is 0 Å². The number of hydrogen-bond donors (Lipinski definition) is 1. The smallest absolute Gasteiger partial charge is 0.0456 e. The van der Waals surface area contributed by atoms with Crippen LogP contribution in [0.15, 0.2) is 24.4 Å². The third-order valence-electron chi connectivity index (χ3n) is 4.22. The Hall–Kier alpha value is -1.24. The minimum atomic E-state index is 1.22. The van der Waals surface area contributed by atoms with E-state index in [1.165, 1.54) is 79.8 Å². The minimum Gasteiger partial charge on any atom is -0.361 e. The number of aromatic amines is 1. The second kappa shape index (κ2) is 8.14. The lowest BCUT2D eigenvalue weighted by Gasteiger charge is -2.02. The third-order valence-corrected chi connectivity index (χ3v) is 4.22. The summed E-state index contributed by atoms with van der Waals surface area (Å²) < 4.78 is 0. The van der Waals surface area contributed by atoms with E-state index in [9.17, 15) is 0 Å². The van der Waals surface area contributed by atoms with Crippen molar-refractivity contribution in [2.24, 2.45) is 0 Å². The van der Waals surface area contributed by atoms with Gasteiger partial charge in [0.15, 0.2) is 0 Å². The van der Waals surface area contributed by atoms with Gasteiger partial charge in [0.2, 0.25) is 0 Å². The molecule has 0 atom stereocenters. The molecule has 2 aromatic rings. The summed E-state index contributed by atoms with van der Waals surface area (Å²) >= 11 is 0. The van der Waals surface area contributed by atoms with Crippen LogP contribution in [0.4, 0.5) is 0 Å². The normalized spacial score (nSPS) is 11.3. The Labute approximate surface area is 123 Å². The van der Waals surface area contributed by atoms with E-state index >= 15 is 0 Å². The van der Waals surface area contributed by atoms with Crippen molar-refractivity contribution >= 4 is 10.9 Å². The van der Waals surface area contributed by atoms with Gasteiger partial charge in [-0.3, -0.25) is 0 Å². The van der Waals surface area contributed by atoms with Crippen LogP contribution in [0.1, 0.15) is 69.4 Å². The van der Waals surface area contributed by atoms with Crippen molar-refractivity contribution < 1.29 is 0 Å². The Bertz CT molecular complexity index is 509. The molecule has 0 fully saturated rings. The van der Waals surface area contributed by atoms with E-state index in [4.69, 9.17) is 0 Å². The summed E-state index contributed by atoms with van der Waals surface area (Å²) in [6.45, 7) is 4.45. The number of H-pyrrole nitrogens is 1. The molecule has 1 nitrogen and oxygen atoms in total. The van der Waals surface area contributed by atoms with Gasteiger partial charge >= 0.3 is 0 Å². The highest BCUT2D eigenvalue weighted by Gasteiger charge is 2.03. The molecule has 0 unspecified atom stereocenters. The van der Waals surface area contributed by atoms with E-state index in [0.29, 0.717) is 0 Å². The van der Waals surface area contributed by atoms with Gasteiger partial charge in [0.1, 0.15) is 0 Å². The number of unbranched alkanes of at least 4 members (excludes halogenated alkanes) is 7. The van der Waals surface area contributed by atoms with Crippen molar-refractivity contribution in [2.45, 2.75) is 71.6 Å². The van der Waals surface area contributed by atoms with E-state index in [1.54, 1.807) is 0 Å². The van der Waals surface area contributed by atoms with Crippen LogP contribution >= 0.6 is 0 Å². The second-order valence-corrected chi connectivity index (χ2v) is 6.09. The molecule has 1 heteroatoms. The van der Waals surface area contributed by atoms with Crippen LogP contribution < -0.4 is 0 Å². The minimum absolute atomic E-state index is 1.22. The fraction of sp³-hybridized carbons (Fsp3) is 0.579. The Morgan fingerprint density at radius 1 is 0.900 bits per heavy atom. The van der Waals surface area contributed by atoms with Crippen LogP contribution in [-0.2, 0) is 6.42 Å². The van der Waals surface area contributed by atoms with Crippen LogP contribution in [0.25, 0.3) is 10.9 Å². The molecule has 0 amide bonds. The van der Waals surface area contributed by atoms with Crippen molar-refractivity contribution in [3.63, 3.8) is 0 Å². The van der Waals surface area contributed by atoms with Crippen LogP contribution in [0.5, 0.6) is 0 Å². The van der Waals surface area contributed by atoms with Crippen LogP contribution in [0.3, 0.4) is 0 Å². The number of benzene rings is 1. The molecule has 0 saturated carbocycles. The zero-order chi connectivity index (χ0) is 14.2. The van der Waals surface area contributed by atoms with Gasteiger partial charge in [0.05, 0.1) is 0 Å². The van der Waals surface area contributed by atoms with Gasteiger partial charge in [0.25, 0.3) is 0 Å². The molecule has 0 aliphatic carbocycles. The zero-order valence-electron chi connectivity index (χ0n) is 13.2. The van der Waals surface area contributed by atoms with Crippen molar-refractivity contribution in [2.75, 3.05) is 0 Å². The molecule has 1 aromatic heterocycles. The van der Waals surface area contributed by atoms with Gasteiger partial charge in [-0.05, 0) is 37.5 Å². The quantitative estimate of drug-likeness (QED) is 0.526. The molecule has 0 radical (unpaired) electrons. The highest BCUT2D eigenvalue weighted by Crippen LogP contribution is 2.21. The first-order valence-electron chi connectivity index (χ1n) is 8.38. The van der Waals surface area contributed by atoms with Gasteiger partial charge in [-0.25, -0.2) is 0 Å². The first-order chi connectivity index (χ1) is 9.81. The number of fused-ring (bicyclic) bond motifs is 1. The molecule has 0 aliphatic heterocycles. The summed E-state index contributed by atoms with van der Waals surface area (Å²) in [4.78, 5) is 3.39. The first-order valence-corrected chi connectivity index (χ1v) is 8.38. The summed E-state index contributed by atoms with van der Waals surface area (Å²) in [6.07, 6.45) is 14.6. The van der Waals surface area contributed by atoms with Crippen molar-refractivity contribution in [1.82, 2.24) is 4.98 Å². The molecule has 1 heterocycles. The van der Waals surface area contributed by atoms with Gasteiger partial charge in [-0.2, -0.15) is 0 Å². The molecule has 0 aliphatic rings. The number of aryl methyl sites for hydroxylation is 2. The van der Waals surface area contributed by atoms with Gasteiger partial charge in [-0.15, -0.1) is 0 Å². The molecule has 1 aromatic carbocycles. The van der Waals surface area contributed by atoms with E-state index in [-0.39, 0.29) is 0 Å². The lowest BCUT2D eigenvalue weighted by atomic mass is 10.0. The topological polar surface area (TPSA) is 15.8 Å². The van der Waals surface area contributed by atoms with E-state index < -0.39 is 0 Å². The summed E-state index contributed by atoms with van der Waals surface area (Å²) in [7, 11) is 0. The predicted octanol–water partition coefficient (Wildman–Crippen LogP) is 6.16. The highest BCUT2D eigenvalue weighted by molar-refractivity contribution is 5.83. The summed E-state index contributed by atoms with van der Waals surface area (Å²) in [5.41, 5.74) is 4.13. The third kappa shape index (κ3) is 4.40. The summed E-state index contributed by atoms with van der Waals surface area (Å²) in [5.74, 6) is 0. The SMILES string of the molecule is CCCCCCCCCCc1c[nH]c2ccc(C)cc12. The Balaban J connectivity index is 1.69. The Morgan fingerprint density at radius 2 is 1.60 bits per heavy atom. The summed E-state index contributed by atoms with van der Waals surface area (Å²) in [6, 6.07) is 6.69. The van der Waals surface area contributed by atoms with E-state index in [2.05, 4.69) is 43.2 Å². The maximum Gasteiger partial charge on any atom is 0.0456 e. The lowest BCUT2D eigenvalue weighted by Crippen LogP contribution is -1.85. The fourth-order valence-corrected chi connectivity index (χ4v) is 2.95. The standard InChI is InChI=1S/C19H29N/c1-3-4-5-6-7-8-9-10-11-17-15-20-19-13-12-16(2)14-18(17)19/h12-15,20H,3-11H2,1-2H3. The zero-order valence-corrected chi connectivity index (χ0v) is 13.2. The molecule has 1 N–H and O–H groups in total.